The van der Waals surface area contributed by atoms with E-state index in [1.807, 2.05) is 30.3 Å². The minimum Gasteiger partial charge on any atom is -0.345 e. The van der Waals surface area contributed by atoms with Gasteiger partial charge >= 0.3 is 5.97 Å². The lowest BCUT2D eigenvalue weighted by molar-refractivity contribution is -0.140. The fraction of sp³-hybridized carbons (Fsp3) is 0.333. The molecule has 0 radical (unpaired) electrons. The van der Waals surface area contributed by atoms with Crippen LogP contribution in [0.2, 0.25) is 0 Å². The van der Waals surface area contributed by atoms with Gasteiger partial charge < -0.3 is 4.84 Å². The number of para-hydroxylation sites is 1. The van der Waals surface area contributed by atoms with Gasteiger partial charge in [0, 0.05) is 6.42 Å². The van der Waals surface area contributed by atoms with Gasteiger partial charge in [0.2, 0.25) is 5.82 Å². The molecule has 7 heteroatoms. The lowest BCUT2D eigenvalue weighted by Gasteiger charge is -2.14. The van der Waals surface area contributed by atoms with E-state index in [4.69, 9.17) is 4.84 Å². The first-order valence-electron chi connectivity index (χ1n) is 7.35. The Kier molecular flexibility index (Phi) is 4.24. The van der Waals surface area contributed by atoms with Gasteiger partial charge in [0.15, 0.2) is 11.5 Å². The molecule has 0 aliphatic carbocycles. The lowest BCUT2D eigenvalue weighted by atomic mass is 10.2. The van der Waals surface area contributed by atoms with E-state index in [2.05, 4.69) is 27.7 Å². The number of nitrogens with zero attached hydrogens (tertiary/aromatic N) is 4. The highest BCUT2D eigenvalue weighted by molar-refractivity contribution is 5.96. The van der Waals surface area contributed by atoms with Crippen molar-refractivity contribution in [3.63, 3.8) is 0 Å². The number of hydrazine groups is 1. The molecule has 0 unspecified atom stereocenters. The predicted octanol–water partition coefficient (Wildman–Crippen LogP) is 3.08. The number of carbonyl (C=O) groups is 1. The van der Waals surface area contributed by atoms with Crippen LogP contribution < -0.4 is 10.6 Å². The van der Waals surface area contributed by atoms with Crippen LogP contribution in [0.3, 0.4) is 0 Å². The number of aliphatic imine (C=N–C) groups is 1. The highest BCUT2D eigenvalue weighted by Gasteiger charge is 2.34. The maximum atomic E-state index is 12.0. The second-order valence-electron chi connectivity index (χ2n) is 5.01. The number of hydrogen-bond donors (Lipinski definition) is 1. The molecule has 3 rings (SSSR count). The van der Waals surface area contributed by atoms with Crippen molar-refractivity contribution in [3.8, 4) is 0 Å². The molecular formula is C15H17N5O2. The molecule has 1 fully saturated rings. The molecule has 0 aromatic heterocycles. The van der Waals surface area contributed by atoms with E-state index in [0.29, 0.717) is 5.84 Å². The first-order chi connectivity index (χ1) is 10.8. The van der Waals surface area contributed by atoms with Crippen LogP contribution in [0.1, 0.15) is 32.6 Å². The number of azo groups is 1. The van der Waals surface area contributed by atoms with Crippen molar-refractivity contribution in [2.75, 3.05) is 5.01 Å². The highest BCUT2D eigenvalue weighted by Crippen LogP contribution is 2.27. The average Bonchev–Trinajstić information content (AvgIpc) is 3.15. The Labute approximate surface area is 128 Å². The van der Waals surface area contributed by atoms with Crippen molar-refractivity contribution < 1.29 is 9.63 Å². The number of hydrogen-bond acceptors (Lipinski definition) is 7. The Morgan fingerprint density at radius 2 is 2.00 bits per heavy atom. The largest absolute Gasteiger partial charge is 0.380 e. The maximum Gasteiger partial charge on any atom is 0.380 e. The Hall–Kier alpha value is -2.54. The Morgan fingerprint density at radius 1 is 1.18 bits per heavy atom. The Bertz CT molecular complexity index is 651. The van der Waals surface area contributed by atoms with Crippen molar-refractivity contribution in [2.45, 2.75) is 32.6 Å². The zero-order valence-electron chi connectivity index (χ0n) is 12.3. The van der Waals surface area contributed by atoms with Gasteiger partial charge in [-0.05, 0) is 18.6 Å². The number of anilines is 1. The van der Waals surface area contributed by atoms with Crippen molar-refractivity contribution in [2.24, 2.45) is 15.2 Å². The molecule has 0 saturated carbocycles. The fourth-order valence-electron chi connectivity index (χ4n) is 2.23. The van der Waals surface area contributed by atoms with Gasteiger partial charge in [-0.2, -0.15) is 0 Å². The van der Waals surface area contributed by atoms with Crippen LogP contribution in [0, 0.1) is 0 Å². The third-order valence-electron chi connectivity index (χ3n) is 3.37. The van der Waals surface area contributed by atoms with Gasteiger partial charge in [0.25, 0.3) is 0 Å². The smallest absolute Gasteiger partial charge is 0.345 e. The number of benzene rings is 1. The van der Waals surface area contributed by atoms with Gasteiger partial charge in [-0.15, -0.1) is 10.2 Å². The second kappa shape index (κ2) is 6.48. The van der Waals surface area contributed by atoms with Crippen LogP contribution in [-0.4, -0.2) is 11.8 Å². The van der Waals surface area contributed by atoms with E-state index < -0.39 is 5.97 Å². The zero-order valence-corrected chi connectivity index (χ0v) is 12.3. The van der Waals surface area contributed by atoms with E-state index in [-0.39, 0.29) is 11.5 Å². The molecule has 0 spiro atoms. The minimum atomic E-state index is -0.517. The first kappa shape index (κ1) is 14.4. The van der Waals surface area contributed by atoms with E-state index >= 15 is 0 Å². The monoisotopic (exact) mass is 299 g/mol. The summed E-state index contributed by atoms with van der Waals surface area (Å²) in [5, 5.41) is 9.60. The van der Waals surface area contributed by atoms with E-state index in [1.54, 1.807) is 0 Å². The molecule has 22 heavy (non-hydrogen) atoms. The lowest BCUT2D eigenvalue weighted by Crippen LogP contribution is -2.29. The van der Waals surface area contributed by atoms with Crippen molar-refractivity contribution in [3.05, 3.63) is 41.8 Å². The SMILES string of the molecule is CCCCCC1=NC(=C2C(=O)ONN2c2ccccc2)N=N1. The standard InChI is InChI=1S/C15H17N5O2/c1-2-3-5-10-12-16-14(18-17-12)13-15(21)22-19-20(13)11-8-6-4-7-9-11/h4,6-9,19H,2-3,5,10H2,1H3. The van der Waals surface area contributed by atoms with Gasteiger partial charge in [0.1, 0.15) is 0 Å². The fourth-order valence-corrected chi connectivity index (χ4v) is 2.23. The zero-order chi connectivity index (χ0) is 15.4. The molecule has 114 valence electrons. The average molecular weight is 299 g/mol. The number of nitrogens with one attached hydrogen (secondary N) is 1. The van der Waals surface area contributed by atoms with Crippen LogP contribution in [0.5, 0.6) is 0 Å². The van der Waals surface area contributed by atoms with Crippen LogP contribution in [0.25, 0.3) is 0 Å². The first-order valence-corrected chi connectivity index (χ1v) is 7.35. The van der Waals surface area contributed by atoms with Crippen molar-refractivity contribution in [1.29, 1.82) is 0 Å². The summed E-state index contributed by atoms with van der Waals surface area (Å²) in [5.74, 6) is 0.422. The second-order valence-corrected chi connectivity index (χ2v) is 5.01. The third kappa shape index (κ3) is 2.89. The van der Waals surface area contributed by atoms with Gasteiger partial charge in [-0.25, -0.2) is 14.8 Å². The van der Waals surface area contributed by atoms with Crippen LogP contribution in [-0.2, 0) is 9.63 Å². The summed E-state index contributed by atoms with van der Waals surface area (Å²) in [6.45, 7) is 2.14. The Balaban J connectivity index is 1.85. The quantitative estimate of drug-likeness (QED) is 0.669. The summed E-state index contributed by atoms with van der Waals surface area (Å²) in [5.41, 5.74) is 3.59. The summed E-state index contributed by atoms with van der Waals surface area (Å²) < 4.78 is 0. The molecule has 1 aromatic carbocycles. The number of unbranched alkanes of at least 4 members (excludes halogenated alkanes) is 2. The minimum absolute atomic E-state index is 0.250. The maximum absolute atomic E-state index is 12.0. The molecule has 2 heterocycles. The molecule has 0 atom stereocenters. The summed E-state index contributed by atoms with van der Waals surface area (Å²) in [7, 11) is 0. The molecule has 0 bridgehead atoms. The summed E-state index contributed by atoms with van der Waals surface area (Å²) >= 11 is 0. The summed E-state index contributed by atoms with van der Waals surface area (Å²) in [4.78, 5) is 21.2. The van der Waals surface area contributed by atoms with E-state index in [1.165, 1.54) is 5.01 Å². The number of carbonyl (C=O) groups excluding carboxylic acids is 1. The molecule has 7 nitrogen and oxygen atoms in total. The van der Waals surface area contributed by atoms with Crippen molar-refractivity contribution in [1.82, 2.24) is 5.59 Å². The molecule has 1 N–H and O–H groups in total. The molecule has 1 aromatic rings. The molecule has 0 amide bonds. The van der Waals surface area contributed by atoms with Gasteiger partial charge in [-0.3, -0.25) is 0 Å². The normalized spacial score (nSPS) is 20.5. The predicted molar refractivity (Wildman–Crippen MR) is 81.6 cm³/mol. The van der Waals surface area contributed by atoms with Gasteiger partial charge in [-0.1, -0.05) is 43.6 Å². The van der Waals surface area contributed by atoms with E-state index in [0.717, 1.165) is 31.4 Å². The molecular weight excluding hydrogens is 282 g/mol. The van der Waals surface area contributed by atoms with Gasteiger partial charge in [0.05, 0.1) is 5.69 Å². The van der Waals surface area contributed by atoms with Crippen LogP contribution >= 0.6 is 0 Å². The number of rotatable bonds is 5. The van der Waals surface area contributed by atoms with Crippen molar-refractivity contribution >= 4 is 17.5 Å². The third-order valence-corrected chi connectivity index (χ3v) is 3.37. The molecule has 1 saturated heterocycles. The van der Waals surface area contributed by atoms with E-state index in [9.17, 15) is 4.79 Å². The number of amidine groups is 1. The molecule has 2 aliphatic heterocycles. The van der Waals surface area contributed by atoms with Crippen LogP contribution in [0.4, 0.5) is 5.69 Å². The summed E-state index contributed by atoms with van der Waals surface area (Å²) in [6.07, 6.45) is 4.04. The summed E-state index contributed by atoms with van der Waals surface area (Å²) in [6, 6.07) is 9.35. The van der Waals surface area contributed by atoms with Crippen LogP contribution in [0.15, 0.2) is 57.1 Å². The topological polar surface area (TPSA) is 78.6 Å². The Morgan fingerprint density at radius 3 is 2.77 bits per heavy atom. The molecule has 2 aliphatic rings. The highest BCUT2D eigenvalue weighted by atomic mass is 16.7.